The van der Waals surface area contributed by atoms with E-state index in [9.17, 15) is 5.26 Å². The maximum atomic E-state index is 10.5. The third-order valence-electron chi connectivity index (χ3n) is 7.82. The molecule has 4 heteroatoms. The van der Waals surface area contributed by atoms with Crippen molar-refractivity contribution in [3.05, 3.63) is 65.7 Å². The lowest BCUT2D eigenvalue weighted by Gasteiger charge is -2.28. The predicted octanol–water partition coefficient (Wildman–Crippen LogP) is 10.0. The van der Waals surface area contributed by atoms with E-state index in [1.165, 1.54) is 63.4 Å². The summed E-state index contributed by atoms with van der Waals surface area (Å²) >= 11 is 0. The van der Waals surface area contributed by atoms with Gasteiger partial charge in [0.05, 0.1) is 24.6 Å². The first-order valence-corrected chi connectivity index (χ1v) is 15.1. The zero-order valence-electron chi connectivity index (χ0n) is 24.3. The Balaban J connectivity index is 1.93. The Labute approximate surface area is 232 Å². The standard InChI is InChI=1S/C34H51N3O/c1-4-5-6-7-8-9-10-11-12-16-26-34(29-35,31-21-17-23-33(28-31)38-3)27-18-22-32(37-36-2)25-24-30-19-14-13-15-20-30/h13-15,17,19-21,23,28,32H,4-12,16,18,22,24-27H2,1-3H3. The van der Waals surface area contributed by atoms with Gasteiger partial charge in [-0.2, -0.15) is 15.5 Å². The molecule has 0 amide bonds. The number of nitrogens with zero attached hydrogens (tertiary/aromatic N) is 3. The van der Waals surface area contributed by atoms with Crippen LogP contribution < -0.4 is 4.74 Å². The zero-order chi connectivity index (χ0) is 27.3. The number of benzene rings is 2. The van der Waals surface area contributed by atoms with Gasteiger partial charge in [0.25, 0.3) is 0 Å². The van der Waals surface area contributed by atoms with Crippen molar-refractivity contribution in [1.29, 1.82) is 5.26 Å². The Morgan fingerprint density at radius 3 is 2.11 bits per heavy atom. The molecule has 2 atom stereocenters. The first-order chi connectivity index (χ1) is 18.7. The Morgan fingerprint density at radius 1 is 0.816 bits per heavy atom. The van der Waals surface area contributed by atoms with Crippen molar-refractivity contribution >= 4 is 0 Å². The Morgan fingerprint density at radius 2 is 1.47 bits per heavy atom. The SMILES string of the molecule is CCCCCCCCCCCCC(C#N)(CCCC(CCc1ccccc1)N=NC)c1cccc(OC)c1. The van der Waals surface area contributed by atoms with Crippen LogP contribution >= 0.6 is 0 Å². The van der Waals surface area contributed by atoms with Gasteiger partial charge in [-0.05, 0) is 61.8 Å². The van der Waals surface area contributed by atoms with Crippen molar-refractivity contribution in [2.45, 2.75) is 121 Å². The van der Waals surface area contributed by atoms with Gasteiger partial charge in [0.1, 0.15) is 5.75 Å². The maximum absolute atomic E-state index is 10.5. The average Bonchev–Trinajstić information content (AvgIpc) is 2.96. The zero-order valence-corrected chi connectivity index (χ0v) is 24.3. The van der Waals surface area contributed by atoms with Crippen LogP contribution in [0.3, 0.4) is 0 Å². The second-order valence-electron chi connectivity index (χ2n) is 10.7. The molecule has 0 aromatic heterocycles. The fraction of sp³-hybridized carbons (Fsp3) is 0.618. The first kappa shape index (κ1) is 31.5. The van der Waals surface area contributed by atoms with E-state index in [-0.39, 0.29) is 6.04 Å². The third kappa shape index (κ3) is 11.8. The molecule has 4 nitrogen and oxygen atoms in total. The molecular weight excluding hydrogens is 466 g/mol. The highest BCUT2D eigenvalue weighted by molar-refractivity contribution is 5.38. The molecule has 0 radical (unpaired) electrons. The molecule has 0 spiro atoms. The molecule has 0 aliphatic carbocycles. The number of unbranched alkanes of at least 4 members (excludes halogenated alkanes) is 9. The smallest absolute Gasteiger partial charge is 0.119 e. The largest absolute Gasteiger partial charge is 0.497 e. The van der Waals surface area contributed by atoms with E-state index in [0.717, 1.165) is 56.3 Å². The summed E-state index contributed by atoms with van der Waals surface area (Å²) in [5.41, 5.74) is 1.95. The minimum atomic E-state index is -0.484. The van der Waals surface area contributed by atoms with E-state index >= 15 is 0 Å². The summed E-state index contributed by atoms with van der Waals surface area (Å²) in [7, 11) is 3.46. The highest BCUT2D eigenvalue weighted by Crippen LogP contribution is 2.37. The number of aryl methyl sites for hydroxylation is 1. The van der Waals surface area contributed by atoms with Gasteiger partial charge in [-0.3, -0.25) is 0 Å². The van der Waals surface area contributed by atoms with Gasteiger partial charge in [0.2, 0.25) is 0 Å². The summed E-state index contributed by atoms with van der Waals surface area (Å²) in [6, 6.07) is 21.7. The van der Waals surface area contributed by atoms with Crippen LogP contribution in [0.25, 0.3) is 0 Å². The maximum Gasteiger partial charge on any atom is 0.119 e. The third-order valence-corrected chi connectivity index (χ3v) is 7.82. The van der Waals surface area contributed by atoms with Crippen molar-refractivity contribution in [2.24, 2.45) is 10.2 Å². The molecule has 0 aliphatic heterocycles. The molecule has 0 N–H and O–H groups in total. The monoisotopic (exact) mass is 517 g/mol. The highest BCUT2D eigenvalue weighted by atomic mass is 16.5. The molecule has 2 unspecified atom stereocenters. The van der Waals surface area contributed by atoms with E-state index in [0.29, 0.717) is 0 Å². The molecule has 2 aromatic carbocycles. The van der Waals surface area contributed by atoms with Crippen molar-refractivity contribution in [3.8, 4) is 11.8 Å². The summed E-state index contributed by atoms with van der Waals surface area (Å²) in [6.07, 6.45) is 18.7. The molecule has 208 valence electrons. The molecule has 0 saturated heterocycles. The Bertz CT molecular complexity index is 936. The lowest BCUT2D eigenvalue weighted by atomic mass is 9.73. The summed E-state index contributed by atoms with van der Waals surface area (Å²) in [6.45, 7) is 2.27. The molecule has 0 saturated carbocycles. The highest BCUT2D eigenvalue weighted by Gasteiger charge is 2.32. The minimum Gasteiger partial charge on any atom is -0.497 e. The van der Waals surface area contributed by atoms with E-state index in [4.69, 9.17) is 4.74 Å². The predicted molar refractivity (Wildman–Crippen MR) is 160 cm³/mol. The van der Waals surface area contributed by atoms with E-state index in [1.807, 2.05) is 12.1 Å². The van der Waals surface area contributed by atoms with Gasteiger partial charge >= 0.3 is 0 Å². The fourth-order valence-electron chi connectivity index (χ4n) is 5.47. The van der Waals surface area contributed by atoms with Gasteiger partial charge in [-0.1, -0.05) is 114 Å². The van der Waals surface area contributed by atoms with Crippen LogP contribution in [0.15, 0.2) is 64.8 Å². The average molecular weight is 518 g/mol. The number of rotatable bonds is 21. The molecule has 0 bridgehead atoms. The lowest BCUT2D eigenvalue weighted by Crippen LogP contribution is -2.25. The number of nitriles is 1. The van der Waals surface area contributed by atoms with Crippen LogP contribution in [-0.2, 0) is 11.8 Å². The van der Waals surface area contributed by atoms with Crippen LogP contribution in [0.5, 0.6) is 5.75 Å². The number of hydrogen-bond donors (Lipinski definition) is 0. The molecule has 2 aromatic rings. The number of ether oxygens (including phenoxy) is 1. The van der Waals surface area contributed by atoms with Gasteiger partial charge in [0.15, 0.2) is 0 Å². The summed E-state index contributed by atoms with van der Waals surface area (Å²) in [4.78, 5) is 0. The fourth-order valence-corrected chi connectivity index (χ4v) is 5.47. The topological polar surface area (TPSA) is 57.7 Å². The van der Waals surface area contributed by atoms with E-state index < -0.39 is 5.41 Å². The normalized spacial score (nSPS) is 13.7. The van der Waals surface area contributed by atoms with Crippen LogP contribution in [0.1, 0.15) is 114 Å². The number of azo groups is 1. The van der Waals surface area contributed by atoms with Crippen LogP contribution in [0, 0.1) is 11.3 Å². The Hall–Kier alpha value is -2.67. The van der Waals surface area contributed by atoms with Crippen LogP contribution in [0.4, 0.5) is 0 Å². The summed E-state index contributed by atoms with van der Waals surface area (Å²) < 4.78 is 5.51. The Kier molecular flexibility index (Phi) is 16.1. The molecule has 0 fully saturated rings. The molecule has 38 heavy (non-hydrogen) atoms. The van der Waals surface area contributed by atoms with Crippen molar-refractivity contribution in [1.82, 2.24) is 0 Å². The molecule has 2 rings (SSSR count). The quantitative estimate of drug-likeness (QED) is 0.122. The van der Waals surface area contributed by atoms with Gasteiger partial charge in [-0.25, -0.2) is 0 Å². The molecular formula is C34H51N3O. The van der Waals surface area contributed by atoms with Crippen molar-refractivity contribution in [2.75, 3.05) is 14.2 Å². The first-order valence-electron chi connectivity index (χ1n) is 15.1. The number of methoxy groups -OCH3 is 1. The molecule has 0 heterocycles. The lowest BCUT2D eigenvalue weighted by molar-refractivity contribution is 0.392. The summed E-state index contributed by atoms with van der Waals surface area (Å²) in [5, 5.41) is 19.2. The van der Waals surface area contributed by atoms with Crippen LogP contribution in [0.2, 0.25) is 0 Å². The summed E-state index contributed by atoms with van der Waals surface area (Å²) in [5.74, 6) is 0.825. The van der Waals surface area contributed by atoms with Gasteiger partial charge in [0, 0.05) is 7.05 Å². The number of hydrogen-bond acceptors (Lipinski definition) is 4. The van der Waals surface area contributed by atoms with Crippen LogP contribution in [-0.4, -0.2) is 20.2 Å². The minimum absolute atomic E-state index is 0.194. The van der Waals surface area contributed by atoms with Gasteiger partial charge < -0.3 is 4.74 Å². The van der Waals surface area contributed by atoms with Gasteiger partial charge in [-0.15, -0.1) is 0 Å². The van der Waals surface area contributed by atoms with E-state index in [2.05, 4.69) is 65.7 Å². The second-order valence-corrected chi connectivity index (χ2v) is 10.7. The molecule has 0 aliphatic rings. The second kappa shape index (κ2) is 19.4. The van der Waals surface area contributed by atoms with Crippen molar-refractivity contribution < 1.29 is 4.74 Å². The van der Waals surface area contributed by atoms with E-state index in [1.54, 1.807) is 14.2 Å². The van der Waals surface area contributed by atoms with Crippen molar-refractivity contribution in [3.63, 3.8) is 0 Å².